The van der Waals surface area contributed by atoms with Gasteiger partial charge >= 0.3 is 5.97 Å². The number of thiocarbonyl (C=S) groups is 1. The fraction of sp³-hybridized carbons (Fsp3) is 0.333. The Hall–Kier alpha value is -1.69. The number of hydrogen-bond donors (Lipinski definition) is 2. The highest BCUT2D eigenvalue weighted by molar-refractivity contribution is 7.80. The van der Waals surface area contributed by atoms with Crippen molar-refractivity contribution in [3.05, 3.63) is 29.6 Å². The maximum Gasteiger partial charge on any atom is 0.307 e. The van der Waals surface area contributed by atoms with Crippen molar-refractivity contribution in [3.8, 4) is 0 Å². The van der Waals surface area contributed by atoms with Crippen molar-refractivity contribution in [2.24, 2.45) is 5.73 Å². The summed E-state index contributed by atoms with van der Waals surface area (Å²) in [7, 11) is 0. The van der Waals surface area contributed by atoms with E-state index in [-0.39, 0.29) is 17.4 Å². The summed E-state index contributed by atoms with van der Waals surface area (Å²) in [5.74, 6) is -0.769. The molecular formula is C12H15FN2O2S. The lowest BCUT2D eigenvalue weighted by Crippen LogP contribution is -2.13. The Morgan fingerprint density at radius 1 is 1.56 bits per heavy atom. The predicted octanol–water partition coefficient (Wildman–Crippen LogP) is 1.83. The lowest BCUT2D eigenvalue weighted by atomic mass is 10.2. The van der Waals surface area contributed by atoms with Crippen molar-refractivity contribution in [1.82, 2.24) is 0 Å². The highest BCUT2D eigenvalue weighted by Crippen LogP contribution is 2.15. The van der Waals surface area contributed by atoms with Crippen LogP contribution >= 0.6 is 12.2 Å². The van der Waals surface area contributed by atoms with E-state index in [2.05, 4.69) is 5.32 Å². The molecule has 1 rings (SSSR count). The zero-order valence-corrected chi connectivity index (χ0v) is 10.8. The quantitative estimate of drug-likeness (QED) is 0.610. The van der Waals surface area contributed by atoms with Crippen LogP contribution in [0.15, 0.2) is 18.2 Å². The third kappa shape index (κ3) is 4.29. The number of ether oxygens (including phenoxy) is 1. The topological polar surface area (TPSA) is 64.3 Å². The molecule has 0 radical (unpaired) electrons. The lowest BCUT2D eigenvalue weighted by Gasteiger charge is -2.08. The number of carbonyl (C=O) groups is 1. The second-order valence-corrected chi connectivity index (χ2v) is 3.98. The first kappa shape index (κ1) is 14.4. The number of nitrogens with two attached hydrogens (primary N) is 1. The number of anilines is 1. The summed E-state index contributed by atoms with van der Waals surface area (Å²) in [5.41, 5.74) is 6.16. The number of hydrogen-bond acceptors (Lipinski definition) is 4. The van der Waals surface area contributed by atoms with Crippen LogP contribution in [0.2, 0.25) is 0 Å². The Kier molecular flexibility index (Phi) is 5.51. The van der Waals surface area contributed by atoms with Gasteiger partial charge in [0.25, 0.3) is 0 Å². The zero-order valence-electron chi connectivity index (χ0n) is 10.0. The Morgan fingerprint density at radius 3 is 2.83 bits per heavy atom. The molecule has 0 spiro atoms. The predicted molar refractivity (Wildman–Crippen MR) is 72.0 cm³/mol. The van der Waals surface area contributed by atoms with E-state index < -0.39 is 5.82 Å². The number of esters is 1. The number of rotatable bonds is 6. The molecule has 0 heterocycles. The first-order valence-corrected chi connectivity index (χ1v) is 5.94. The van der Waals surface area contributed by atoms with Crippen LogP contribution < -0.4 is 11.1 Å². The number of carbonyl (C=O) groups excluding carboxylic acids is 1. The van der Waals surface area contributed by atoms with E-state index in [0.717, 1.165) is 0 Å². The average Bonchev–Trinajstić information content (AvgIpc) is 2.31. The Balaban J connectivity index is 2.53. The van der Waals surface area contributed by atoms with Gasteiger partial charge in [-0.05, 0) is 25.1 Å². The molecular weight excluding hydrogens is 255 g/mol. The van der Waals surface area contributed by atoms with Crippen molar-refractivity contribution in [2.45, 2.75) is 13.3 Å². The lowest BCUT2D eigenvalue weighted by molar-refractivity contribution is -0.142. The summed E-state index contributed by atoms with van der Waals surface area (Å²) in [6.45, 7) is 2.39. The number of halogens is 1. The van der Waals surface area contributed by atoms with Gasteiger partial charge in [0.2, 0.25) is 0 Å². The molecule has 0 aliphatic heterocycles. The summed E-state index contributed by atoms with van der Waals surface area (Å²) in [5, 5.41) is 2.81. The van der Waals surface area contributed by atoms with Gasteiger partial charge in [-0.3, -0.25) is 4.79 Å². The molecule has 1 aromatic rings. The summed E-state index contributed by atoms with van der Waals surface area (Å²) < 4.78 is 18.3. The standard InChI is InChI=1S/C12H15FN2O2S/c1-2-17-11(16)5-6-15-10-4-3-8(12(14)18)7-9(10)13/h3-4,7,15H,2,5-6H2,1H3,(H2,14,18). The van der Waals surface area contributed by atoms with E-state index in [4.69, 9.17) is 22.7 Å². The largest absolute Gasteiger partial charge is 0.466 e. The summed E-state index contributed by atoms with van der Waals surface area (Å²) >= 11 is 4.75. The van der Waals surface area contributed by atoms with Crippen LogP contribution in [0.4, 0.5) is 10.1 Å². The van der Waals surface area contributed by atoms with Crippen LogP contribution in [0.3, 0.4) is 0 Å². The van der Waals surface area contributed by atoms with Gasteiger partial charge < -0.3 is 15.8 Å². The minimum absolute atomic E-state index is 0.145. The van der Waals surface area contributed by atoms with Gasteiger partial charge in [-0.15, -0.1) is 0 Å². The van der Waals surface area contributed by atoms with Crippen molar-refractivity contribution in [1.29, 1.82) is 0 Å². The smallest absolute Gasteiger partial charge is 0.307 e. The Bertz CT molecular complexity index is 452. The molecule has 0 aliphatic rings. The second-order valence-electron chi connectivity index (χ2n) is 3.54. The van der Waals surface area contributed by atoms with E-state index in [1.807, 2.05) is 0 Å². The minimum Gasteiger partial charge on any atom is -0.466 e. The summed E-state index contributed by atoms with van der Waals surface area (Å²) in [4.78, 5) is 11.2. The molecule has 0 amide bonds. The first-order valence-electron chi connectivity index (χ1n) is 5.53. The molecule has 0 aliphatic carbocycles. The zero-order chi connectivity index (χ0) is 13.5. The van der Waals surface area contributed by atoms with Gasteiger partial charge in [-0.2, -0.15) is 0 Å². The normalized spacial score (nSPS) is 9.89. The van der Waals surface area contributed by atoms with Crippen molar-refractivity contribution in [3.63, 3.8) is 0 Å². The van der Waals surface area contributed by atoms with Gasteiger partial charge in [0, 0.05) is 12.1 Å². The fourth-order valence-electron chi connectivity index (χ4n) is 1.34. The van der Waals surface area contributed by atoms with E-state index in [9.17, 15) is 9.18 Å². The monoisotopic (exact) mass is 270 g/mol. The van der Waals surface area contributed by atoms with Crippen LogP contribution in [0.25, 0.3) is 0 Å². The molecule has 18 heavy (non-hydrogen) atoms. The third-order valence-corrected chi connectivity index (χ3v) is 2.44. The Labute approximate surface area is 110 Å². The molecule has 0 atom stereocenters. The molecule has 4 nitrogen and oxygen atoms in total. The second kappa shape index (κ2) is 6.90. The molecule has 0 fully saturated rings. The average molecular weight is 270 g/mol. The van der Waals surface area contributed by atoms with Gasteiger partial charge in [0.1, 0.15) is 10.8 Å². The van der Waals surface area contributed by atoms with Crippen molar-refractivity contribution in [2.75, 3.05) is 18.5 Å². The maximum atomic E-state index is 13.6. The van der Waals surface area contributed by atoms with Crippen molar-refractivity contribution >= 4 is 28.9 Å². The van der Waals surface area contributed by atoms with Gasteiger partial charge in [-0.1, -0.05) is 12.2 Å². The number of benzene rings is 1. The van der Waals surface area contributed by atoms with E-state index >= 15 is 0 Å². The van der Waals surface area contributed by atoms with E-state index in [0.29, 0.717) is 24.4 Å². The molecule has 0 unspecified atom stereocenters. The minimum atomic E-state index is -0.454. The maximum absolute atomic E-state index is 13.6. The highest BCUT2D eigenvalue weighted by atomic mass is 32.1. The van der Waals surface area contributed by atoms with Gasteiger partial charge in [0.15, 0.2) is 0 Å². The molecule has 6 heteroatoms. The fourth-order valence-corrected chi connectivity index (χ4v) is 1.47. The van der Waals surface area contributed by atoms with Crippen LogP contribution in [0.1, 0.15) is 18.9 Å². The highest BCUT2D eigenvalue weighted by Gasteiger charge is 2.06. The van der Waals surface area contributed by atoms with Crippen LogP contribution in [-0.2, 0) is 9.53 Å². The molecule has 3 N–H and O–H groups in total. The molecule has 1 aromatic carbocycles. The summed E-state index contributed by atoms with van der Waals surface area (Å²) in [6.07, 6.45) is 0.185. The first-order chi connectivity index (χ1) is 8.54. The van der Waals surface area contributed by atoms with E-state index in [1.54, 1.807) is 13.0 Å². The Morgan fingerprint density at radius 2 is 2.28 bits per heavy atom. The van der Waals surface area contributed by atoms with Gasteiger partial charge in [-0.25, -0.2) is 4.39 Å². The number of nitrogens with one attached hydrogen (secondary N) is 1. The van der Waals surface area contributed by atoms with E-state index in [1.165, 1.54) is 12.1 Å². The van der Waals surface area contributed by atoms with Gasteiger partial charge in [0.05, 0.1) is 18.7 Å². The van der Waals surface area contributed by atoms with Crippen LogP contribution in [0, 0.1) is 5.82 Å². The van der Waals surface area contributed by atoms with Crippen LogP contribution in [-0.4, -0.2) is 24.1 Å². The molecule has 0 saturated heterocycles. The molecule has 0 bridgehead atoms. The van der Waals surface area contributed by atoms with Crippen molar-refractivity contribution < 1.29 is 13.9 Å². The third-order valence-electron chi connectivity index (χ3n) is 2.20. The molecule has 0 saturated carbocycles. The molecule has 0 aromatic heterocycles. The van der Waals surface area contributed by atoms with Crippen LogP contribution in [0.5, 0.6) is 0 Å². The SMILES string of the molecule is CCOC(=O)CCNc1ccc(C(N)=S)cc1F. The molecule has 98 valence electrons. The summed E-state index contributed by atoms with van der Waals surface area (Å²) in [6, 6.07) is 4.42.